The number of pyridine rings is 1. The number of piperidine rings is 1. The van der Waals surface area contributed by atoms with E-state index in [1.807, 2.05) is 0 Å². The second-order valence-electron chi connectivity index (χ2n) is 5.32. The van der Waals surface area contributed by atoms with Gasteiger partial charge >= 0.3 is 6.18 Å². The Balaban J connectivity index is 1.98. The van der Waals surface area contributed by atoms with Crippen molar-refractivity contribution >= 4 is 21.8 Å². The summed E-state index contributed by atoms with van der Waals surface area (Å²) in [6.45, 7) is 0. The van der Waals surface area contributed by atoms with Gasteiger partial charge in [0.25, 0.3) is 0 Å². The zero-order valence-corrected chi connectivity index (χ0v) is 13.0. The molecule has 1 saturated heterocycles. The fourth-order valence-electron chi connectivity index (χ4n) is 2.27. The molecule has 0 aromatic carbocycles. The highest BCUT2D eigenvalue weighted by Crippen LogP contribution is 2.28. The Morgan fingerprint density at radius 1 is 1.38 bits per heavy atom. The summed E-state index contributed by atoms with van der Waals surface area (Å²) in [7, 11) is -4.09. The minimum atomic E-state index is -4.61. The molecule has 1 fully saturated rings. The number of aromatic nitrogens is 1. The minimum Gasteiger partial charge on any atom is -0.344 e. The lowest BCUT2D eigenvalue weighted by molar-refractivity contribution is -0.171. The van der Waals surface area contributed by atoms with Crippen LogP contribution in [0.5, 0.6) is 0 Å². The van der Waals surface area contributed by atoms with Crippen LogP contribution in [-0.2, 0) is 25.4 Å². The van der Waals surface area contributed by atoms with Crippen molar-refractivity contribution < 1.29 is 31.2 Å². The van der Waals surface area contributed by atoms with Gasteiger partial charge in [-0.1, -0.05) is 6.07 Å². The summed E-state index contributed by atoms with van der Waals surface area (Å²) in [6, 6.07) is 0.970. The molecular weight excluding hydrogens is 351 g/mol. The van der Waals surface area contributed by atoms with Crippen molar-refractivity contribution in [3.63, 3.8) is 0 Å². The van der Waals surface area contributed by atoms with E-state index in [0.717, 1.165) is 0 Å². The average Bonchev–Trinajstić information content (AvgIpc) is 2.45. The zero-order chi connectivity index (χ0) is 18.0. The molecule has 2 heterocycles. The third kappa shape index (κ3) is 4.66. The zero-order valence-electron chi connectivity index (χ0n) is 12.2. The monoisotopic (exact) mass is 365 g/mol. The molecule has 1 aromatic heterocycles. The van der Waals surface area contributed by atoms with Crippen molar-refractivity contribution in [1.82, 2.24) is 15.0 Å². The first-order valence-corrected chi connectivity index (χ1v) is 8.54. The van der Waals surface area contributed by atoms with Crippen molar-refractivity contribution in [3.8, 4) is 0 Å². The summed E-state index contributed by atoms with van der Waals surface area (Å²) in [6.07, 6.45) is -2.74. The normalized spacial score (nSPS) is 21.9. The highest BCUT2D eigenvalue weighted by Gasteiger charge is 2.46. The smallest absolute Gasteiger partial charge is 0.344 e. The molecule has 2 atom stereocenters. The second-order valence-corrected chi connectivity index (χ2v) is 7.04. The van der Waals surface area contributed by atoms with Gasteiger partial charge in [0.15, 0.2) is 0 Å². The molecule has 0 saturated carbocycles. The summed E-state index contributed by atoms with van der Waals surface area (Å²) < 4.78 is 63.2. The number of alkyl halides is 3. The fraction of sp³-hybridized carbons (Fsp3) is 0.462. The first-order chi connectivity index (χ1) is 11.1. The van der Waals surface area contributed by atoms with Crippen molar-refractivity contribution in [2.45, 2.75) is 30.8 Å². The van der Waals surface area contributed by atoms with Crippen molar-refractivity contribution in [1.29, 1.82) is 0 Å². The summed E-state index contributed by atoms with van der Waals surface area (Å²) in [4.78, 5) is 27.3. The van der Waals surface area contributed by atoms with Crippen LogP contribution in [0.25, 0.3) is 0 Å². The summed E-state index contributed by atoms with van der Waals surface area (Å²) in [5.74, 6) is -4.30. The van der Waals surface area contributed by atoms with Gasteiger partial charge in [0.05, 0.1) is 5.75 Å². The maximum atomic E-state index is 12.5. The first-order valence-electron chi connectivity index (χ1n) is 6.89. The van der Waals surface area contributed by atoms with Crippen LogP contribution in [0, 0.1) is 5.92 Å². The number of nitrogens with zero attached hydrogens (tertiary/aromatic N) is 1. The standard InChI is InChI=1S/C13H14F3N3O4S/c14-13(15,16)10-4-3-9(11(20)18-10)12(21)19-24(22,23)7-8-2-1-5-17-6-8/h1-2,5-6,9-10H,3-4,7H2,(H,18,20)(H,19,21). The number of nitrogens with one attached hydrogen (secondary N) is 2. The van der Waals surface area contributed by atoms with Crippen LogP contribution >= 0.6 is 0 Å². The molecule has 2 rings (SSSR count). The number of carbonyl (C=O) groups is 2. The summed E-state index contributed by atoms with van der Waals surface area (Å²) in [5, 5.41) is 1.69. The lowest BCUT2D eigenvalue weighted by atomic mass is 9.93. The predicted octanol–water partition coefficient (Wildman–Crippen LogP) is 0.485. The van der Waals surface area contributed by atoms with Crippen molar-refractivity contribution in [2.24, 2.45) is 5.92 Å². The Morgan fingerprint density at radius 3 is 2.62 bits per heavy atom. The topological polar surface area (TPSA) is 105 Å². The van der Waals surface area contributed by atoms with E-state index in [1.165, 1.54) is 24.5 Å². The van der Waals surface area contributed by atoms with E-state index in [-0.39, 0.29) is 6.42 Å². The Hall–Kier alpha value is -2.17. The van der Waals surface area contributed by atoms with Crippen molar-refractivity contribution in [2.75, 3.05) is 0 Å². The van der Waals surface area contributed by atoms with Crippen LogP contribution in [0.4, 0.5) is 13.2 Å². The van der Waals surface area contributed by atoms with Crippen LogP contribution < -0.4 is 10.0 Å². The van der Waals surface area contributed by atoms with Gasteiger partial charge < -0.3 is 5.32 Å². The molecule has 0 bridgehead atoms. The van der Waals surface area contributed by atoms with Gasteiger partial charge in [-0.2, -0.15) is 13.2 Å². The Labute approximate surface area is 135 Å². The highest BCUT2D eigenvalue weighted by atomic mass is 32.2. The number of rotatable bonds is 4. The van der Waals surface area contributed by atoms with E-state index < -0.39 is 52.1 Å². The molecule has 1 aliphatic heterocycles. The molecule has 0 aliphatic carbocycles. The quantitative estimate of drug-likeness (QED) is 0.756. The molecule has 0 radical (unpaired) electrons. The highest BCUT2D eigenvalue weighted by molar-refractivity contribution is 7.89. The van der Waals surface area contributed by atoms with Gasteiger partial charge in [0.2, 0.25) is 21.8 Å². The van der Waals surface area contributed by atoms with Gasteiger partial charge in [-0.25, -0.2) is 8.42 Å². The van der Waals surface area contributed by atoms with Gasteiger partial charge in [-0.05, 0) is 24.5 Å². The second kappa shape index (κ2) is 6.75. The van der Waals surface area contributed by atoms with E-state index in [4.69, 9.17) is 0 Å². The molecule has 1 aromatic rings. The van der Waals surface area contributed by atoms with Gasteiger partial charge in [0.1, 0.15) is 12.0 Å². The maximum Gasteiger partial charge on any atom is 0.408 e. The van der Waals surface area contributed by atoms with E-state index >= 15 is 0 Å². The summed E-state index contributed by atoms with van der Waals surface area (Å²) >= 11 is 0. The molecule has 2 N–H and O–H groups in total. The molecule has 7 nitrogen and oxygen atoms in total. The van der Waals surface area contributed by atoms with Crippen LogP contribution in [-0.4, -0.2) is 37.4 Å². The van der Waals surface area contributed by atoms with Gasteiger partial charge in [-0.3, -0.25) is 19.3 Å². The molecule has 11 heteroatoms. The molecule has 2 unspecified atom stereocenters. The molecule has 2 amide bonds. The third-order valence-corrected chi connectivity index (χ3v) is 4.65. The number of amides is 2. The lowest BCUT2D eigenvalue weighted by Gasteiger charge is -2.29. The molecular formula is C13H14F3N3O4S. The van der Waals surface area contributed by atoms with E-state index in [1.54, 1.807) is 10.0 Å². The number of halogens is 3. The molecule has 0 spiro atoms. The maximum absolute atomic E-state index is 12.5. The fourth-order valence-corrected chi connectivity index (χ4v) is 3.40. The summed E-state index contributed by atoms with van der Waals surface area (Å²) in [5.41, 5.74) is 0.322. The Bertz CT molecular complexity index is 722. The van der Waals surface area contributed by atoms with E-state index in [0.29, 0.717) is 5.56 Å². The van der Waals surface area contributed by atoms with Crippen LogP contribution in [0.2, 0.25) is 0 Å². The van der Waals surface area contributed by atoms with Gasteiger partial charge in [0, 0.05) is 12.4 Å². The Morgan fingerprint density at radius 2 is 2.08 bits per heavy atom. The Kier molecular flexibility index (Phi) is 5.11. The van der Waals surface area contributed by atoms with E-state index in [2.05, 4.69) is 4.98 Å². The average molecular weight is 365 g/mol. The number of sulfonamides is 1. The largest absolute Gasteiger partial charge is 0.408 e. The minimum absolute atomic E-state index is 0.322. The number of hydrogen-bond acceptors (Lipinski definition) is 5. The molecule has 1 aliphatic rings. The van der Waals surface area contributed by atoms with Crippen molar-refractivity contribution in [3.05, 3.63) is 30.1 Å². The van der Waals surface area contributed by atoms with Crippen LogP contribution in [0.1, 0.15) is 18.4 Å². The molecule has 132 valence electrons. The van der Waals surface area contributed by atoms with Crippen LogP contribution in [0.3, 0.4) is 0 Å². The molecule has 24 heavy (non-hydrogen) atoms. The van der Waals surface area contributed by atoms with E-state index in [9.17, 15) is 31.2 Å². The number of carbonyl (C=O) groups excluding carboxylic acids is 2. The number of hydrogen-bond donors (Lipinski definition) is 2. The lowest BCUT2D eigenvalue weighted by Crippen LogP contribution is -2.55. The third-order valence-electron chi connectivity index (χ3n) is 3.42. The first kappa shape index (κ1) is 18.2. The SMILES string of the molecule is O=C1NC(C(F)(F)F)CCC1C(=O)NS(=O)(=O)Cc1cccnc1. The van der Waals surface area contributed by atoms with Gasteiger partial charge in [-0.15, -0.1) is 0 Å². The predicted molar refractivity (Wildman–Crippen MR) is 75.7 cm³/mol. The van der Waals surface area contributed by atoms with Crippen LogP contribution in [0.15, 0.2) is 24.5 Å².